The van der Waals surface area contributed by atoms with Gasteiger partial charge in [0.15, 0.2) is 11.2 Å². The minimum Gasteiger partial charge on any atom is -0.481 e. The van der Waals surface area contributed by atoms with Gasteiger partial charge in [0.05, 0.1) is 10.2 Å². The van der Waals surface area contributed by atoms with E-state index in [2.05, 4.69) is 10.3 Å². The van der Waals surface area contributed by atoms with Gasteiger partial charge in [0.1, 0.15) is 17.4 Å². The SMILES string of the molecule is CC[C@H](Oc1ccc(F)cc1)C(=O)Nc1nc2ccc(F)cc2s1. The van der Waals surface area contributed by atoms with E-state index in [4.69, 9.17) is 4.74 Å². The molecule has 2 aromatic carbocycles. The first-order valence-corrected chi connectivity index (χ1v) is 8.16. The first-order chi connectivity index (χ1) is 11.5. The minimum absolute atomic E-state index is 0.352. The van der Waals surface area contributed by atoms with Crippen LogP contribution in [0.3, 0.4) is 0 Å². The van der Waals surface area contributed by atoms with Crippen LogP contribution in [0.2, 0.25) is 0 Å². The lowest BCUT2D eigenvalue weighted by molar-refractivity contribution is -0.122. The van der Waals surface area contributed by atoms with Crippen molar-refractivity contribution in [3.63, 3.8) is 0 Å². The molecule has 4 nitrogen and oxygen atoms in total. The van der Waals surface area contributed by atoms with Crippen molar-refractivity contribution in [3.8, 4) is 5.75 Å². The number of amides is 1. The van der Waals surface area contributed by atoms with Gasteiger partial charge in [0, 0.05) is 0 Å². The molecule has 1 amide bonds. The maximum atomic E-state index is 13.2. The molecule has 0 bridgehead atoms. The molecule has 0 fully saturated rings. The fourth-order valence-electron chi connectivity index (χ4n) is 2.14. The second-order valence-electron chi connectivity index (χ2n) is 5.09. The molecule has 1 N–H and O–H groups in total. The molecular formula is C17H14F2N2O2S. The molecule has 7 heteroatoms. The van der Waals surface area contributed by atoms with E-state index in [1.807, 2.05) is 6.92 Å². The molecule has 3 aromatic rings. The van der Waals surface area contributed by atoms with E-state index in [-0.39, 0.29) is 17.5 Å². The van der Waals surface area contributed by atoms with Gasteiger partial charge in [-0.3, -0.25) is 10.1 Å². The Labute approximate surface area is 141 Å². The summed E-state index contributed by atoms with van der Waals surface area (Å²) in [5.74, 6) is -0.678. The predicted octanol–water partition coefficient (Wildman–Crippen LogP) is 4.37. The minimum atomic E-state index is -0.737. The lowest BCUT2D eigenvalue weighted by atomic mass is 10.2. The van der Waals surface area contributed by atoms with Crippen LogP contribution in [0.1, 0.15) is 13.3 Å². The number of carbonyl (C=O) groups excluding carboxylic acids is 1. The molecular weight excluding hydrogens is 334 g/mol. The number of nitrogens with one attached hydrogen (secondary N) is 1. The fraction of sp³-hybridized carbons (Fsp3) is 0.176. The lowest BCUT2D eigenvalue weighted by Gasteiger charge is -2.16. The second-order valence-corrected chi connectivity index (χ2v) is 6.12. The molecule has 0 aliphatic heterocycles. The highest BCUT2D eigenvalue weighted by molar-refractivity contribution is 7.22. The van der Waals surface area contributed by atoms with E-state index in [1.165, 1.54) is 47.7 Å². The van der Waals surface area contributed by atoms with Crippen LogP contribution < -0.4 is 10.1 Å². The number of anilines is 1. The van der Waals surface area contributed by atoms with Gasteiger partial charge in [-0.1, -0.05) is 18.3 Å². The summed E-state index contributed by atoms with van der Waals surface area (Å²) in [7, 11) is 0. The Kier molecular flexibility index (Phi) is 4.71. The van der Waals surface area contributed by atoms with Gasteiger partial charge in [0.2, 0.25) is 0 Å². The number of halogens is 2. The molecule has 1 atom stereocenters. The first kappa shape index (κ1) is 16.3. The Hall–Kier alpha value is -2.54. The summed E-state index contributed by atoms with van der Waals surface area (Å²) in [4.78, 5) is 16.6. The second kappa shape index (κ2) is 6.92. The van der Waals surface area contributed by atoms with E-state index in [1.54, 1.807) is 6.07 Å². The van der Waals surface area contributed by atoms with E-state index < -0.39 is 6.10 Å². The van der Waals surface area contributed by atoms with Crippen molar-refractivity contribution in [3.05, 3.63) is 54.1 Å². The van der Waals surface area contributed by atoms with Crippen LogP contribution in [-0.2, 0) is 4.79 Å². The van der Waals surface area contributed by atoms with Crippen molar-refractivity contribution in [1.82, 2.24) is 4.98 Å². The molecule has 0 spiro atoms. The van der Waals surface area contributed by atoms with Crippen molar-refractivity contribution >= 4 is 32.6 Å². The molecule has 0 saturated carbocycles. The molecule has 124 valence electrons. The van der Waals surface area contributed by atoms with Gasteiger partial charge in [-0.15, -0.1) is 0 Å². The van der Waals surface area contributed by atoms with Gasteiger partial charge in [0.25, 0.3) is 5.91 Å². The summed E-state index contributed by atoms with van der Waals surface area (Å²) in [5, 5.41) is 3.06. The van der Waals surface area contributed by atoms with Crippen molar-refractivity contribution in [2.75, 3.05) is 5.32 Å². The molecule has 0 aliphatic carbocycles. The first-order valence-electron chi connectivity index (χ1n) is 7.34. The van der Waals surface area contributed by atoms with Crippen LogP contribution in [0.5, 0.6) is 5.75 Å². The summed E-state index contributed by atoms with van der Waals surface area (Å²) in [6.07, 6.45) is -0.304. The normalized spacial score (nSPS) is 12.1. The van der Waals surface area contributed by atoms with Gasteiger partial charge in [-0.05, 0) is 48.9 Å². The van der Waals surface area contributed by atoms with Crippen molar-refractivity contribution < 1.29 is 18.3 Å². The summed E-state index contributed by atoms with van der Waals surface area (Å²) < 4.78 is 32.4. The maximum Gasteiger partial charge on any atom is 0.267 e. The maximum absolute atomic E-state index is 13.2. The quantitative estimate of drug-likeness (QED) is 0.745. The average Bonchev–Trinajstić information content (AvgIpc) is 2.95. The third kappa shape index (κ3) is 3.68. The highest BCUT2D eigenvalue weighted by Gasteiger charge is 2.20. The van der Waals surface area contributed by atoms with Gasteiger partial charge in [-0.2, -0.15) is 0 Å². The molecule has 24 heavy (non-hydrogen) atoms. The average molecular weight is 348 g/mol. The molecule has 3 rings (SSSR count). The Balaban J connectivity index is 1.72. The van der Waals surface area contributed by atoms with Crippen LogP contribution in [0.15, 0.2) is 42.5 Å². The number of nitrogens with zero attached hydrogens (tertiary/aromatic N) is 1. The molecule has 0 unspecified atom stereocenters. The zero-order valence-electron chi connectivity index (χ0n) is 12.8. The van der Waals surface area contributed by atoms with E-state index >= 15 is 0 Å². The summed E-state index contributed by atoms with van der Waals surface area (Å²) in [6.45, 7) is 1.81. The third-order valence-corrected chi connectivity index (χ3v) is 4.27. The van der Waals surface area contributed by atoms with Crippen molar-refractivity contribution in [2.45, 2.75) is 19.4 Å². The third-order valence-electron chi connectivity index (χ3n) is 3.34. The summed E-state index contributed by atoms with van der Waals surface area (Å²) in [5.41, 5.74) is 0.615. The lowest BCUT2D eigenvalue weighted by Crippen LogP contribution is -2.32. The number of ether oxygens (including phenoxy) is 1. The van der Waals surface area contributed by atoms with Crippen LogP contribution in [0, 0.1) is 11.6 Å². The topological polar surface area (TPSA) is 51.2 Å². The summed E-state index contributed by atoms with van der Waals surface area (Å²) >= 11 is 1.19. The summed E-state index contributed by atoms with van der Waals surface area (Å²) in [6, 6.07) is 9.71. The largest absolute Gasteiger partial charge is 0.481 e. The number of aromatic nitrogens is 1. The predicted molar refractivity (Wildman–Crippen MR) is 89.3 cm³/mol. The van der Waals surface area contributed by atoms with Crippen LogP contribution in [0.25, 0.3) is 10.2 Å². The number of hydrogen-bond donors (Lipinski definition) is 1. The molecule has 0 radical (unpaired) electrons. The Morgan fingerprint density at radius 2 is 1.92 bits per heavy atom. The standard InChI is InChI=1S/C17H14F2N2O2S/c1-2-14(23-12-6-3-10(18)4-7-12)16(22)21-17-20-13-8-5-11(19)9-15(13)24-17/h3-9,14H,2H2,1H3,(H,20,21,22)/t14-/m0/s1. The zero-order valence-corrected chi connectivity index (χ0v) is 13.6. The van der Waals surface area contributed by atoms with Gasteiger partial charge < -0.3 is 4.74 Å². The zero-order chi connectivity index (χ0) is 17.1. The van der Waals surface area contributed by atoms with Crippen LogP contribution >= 0.6 is 11.3 Å². The number of carbonyl (C=O) groups is 1. The number of benzene rings is 2. The number of thiazole rings is 1. The van der Waals surface area contributed by atoms with E-state index in [9.17, 15) is 13.6 Å². The molecule has 1 heterocycles. The Morgan fingerprint density at radius 1 is 1.21 bits per heavy atom. The molecule has 0 saturated heterocycles. The van der Waals surface area contributed by atoms with Crippen molar-refractivity contribution in [2.24, 2.45) is 0 Å². The molecule has 1 aromatic heterocycles. The fourth-order valence-corrected chi connectivity index (χ4v) is 3.03. The Morgan fingerprint density at radius 3 is 2.62 bits per heavy atom. The van der Waals surface area contributed by atoms with Crippen molar-refractivity contribution in [1.29, 1.82) is 0 Å². The van der Waals surface area contributed by atoms with Gasteiger partial charge in [-0.25, -0.2) is 13.8 Å². The monoisotopic (exact) mass is 348 g/mol. The molecule has 0 aliphatic rings. The smallest absolute Gasteiger partial charge is 0.267 e. The highest BCUT2D eigenvalue weighted by atomic mass is 32.1. The number of hydrogen-bond acceptors (Lipinski definition) is 4. The highest BCUT2D eigenvalue weighted by Crippen LogP contribution is 2.27. The van der Waals surface area contributed by atoms with Crippen LogP contribution in [-0.4, -0.2) is 17.0 Å². The Bertz CT molecular complexity index is 865. The van der Waals surface area contributed by atoms with E-state index in [0.29, 0.717) is 27.5 Å². The van der Waals surface area contributed by atoms with Gasteiger partial charge >= 0.3 is 0 Å². The van der Waals surface area contributed by atoms with Crippen LogP contribution in [0.4, 0.5) is 13.9 Å². The number of fused-ring (bicyclic) bond motifs is 1. The number of rotatable bonds is 5. The van der Waals surface area contributed by atoms with E-state index in [0.717, 1.165) is 0 Å².